The summed E-state index contributed by atoms with van der Waals surface area (Å²) in [5.74, 6) is 1.06. The molecule has 1 aromatic heterocycles. The van der Waals surface area contributed by atoms with E-state index in [0.29, 0.717) is 29.0 Å². The van der Waals surface area contributed by atoms with Gasteiger partial charge in [-0.1, -0.05) is 54.6 Å². The highest BCUT2D eigenvalue weighted by molar-refractivity contribution is 5.79. The number of fused-ring (bicyclic) bond motifs is 1. The molecule has 3 aromatic carbocycles. The number of phenolic OH excluding ortho intramolecular Hbond substituents is 1. The second kappa shape index (κ2) is 8.66. The van der Waals surface area contributed by atoms with Gasteiger partial charge in [0.15, 0.2) is 11.5 Å². The minimum Gasteiger partial charge on any atom is -0.504 e. The van der Waals surface area contributed by atoms with Crippen LogP contribution in [0.25, 0.3) is 23.1 Å². The molecule has 0 aliphatic rings. The Morgan fingerprint density at radius 2 is 1.77 bits per heavy atom. The first-order valence-electron chi connectivity index (χ1n) is 9.74. The number of hydrogen-bond acceptors (Lipinski definition) is 4. The van der Waals surface area contributed by atoms with Crippen LogP contribution in [0.5, 0.6) is 11.5 Å². The second-order valence-corrected chi connectivity index (χ2v) is 6.94. The van der Waals surface area contributed by atoms with Crippen molar-refractivity contribution in [3.05, 3.63) is 100 Å². The molecule has 0 saturated heterocycles. The molecule has 150 valence electrons. The predicted molar refractivity (Wildman–Crippen MR) is 120 cm³/mol. The van der Waals surface area contributed by atoms with Crippen LogP contribution in [-0.2, 0) is 13.0 Å². The number of ether oxygens (including phenoxy) is 1. The Kier molecular flexibility index (Phi) is 5.61. The van der Waals surface area contributed by atoms with Crippen molar-refractivity contribution in [2.24, 2.45) is 0 Å². The maximum Gasteiger partial charge on any atom is 0.261 e. The van der Waals surface area contributed by atoms with Gasteiger partial charge in [0.05, 0.1) is 18.0 Å². The van der Waals surface area contributed by atoms with E-state index in [-0.39, 0.29) is 11.3 Å². The molecule has 5 heteroatoms. The van der Waals surface area contributed by atoms with Crippen molar-refractivity contribution in [2.45, 2.75) is 13.0 Å². The van der Waals surface area contributed by atoms with Gasteiger partial charge in [-0.3, -0.25) is 9.36 Å². The number of para-hydroxylation sites is 1. The maximum absolute atomic E-state index is 13.2. The normalized spacial score (nSPS) is 11.2. The third kappa shape index (κ3) is 4.10. The minimum absolute atomic E-state index is 0.0560. The Morgan fingerprint density at radius 1 is 1.00 bits per heavy atom. The van der Waals surface area contributed by atoms with Crippen LogP contribution in [0.3, 0.4) is 0 Å². The highest BCUT2D eigenvalue weighted by atomic mass is 16.5. The Bertz CT molecular complexity index is 1260. The fraction of sp³-hybridized carbons (Fsp3) is 0.120. The molecule has 0 fully saturated rings. The Labute approximate surface area is 174 Å². The third-order valence-electron chi connectivity index (χ3n) is 4.99. The van der Waals surface area contributed by atoms with Crippen LogP contribution >= 0.6 is 0 Å². The largest absolute Gasteiger partial charge is 0.504 e. The number of aromatic nitrogens is 2. The Balaban J connectivity index is 1.74. The minimum atomic E-state index is -0.0560. The first-order chi connectivity index (χ1) is 14.7. The molecule has 1 heterocycles. The molecular weight excluding hydrogens is 376 g/mol. The standard InChI is InChI=1S/C25H22N2O3/c1-30-23-17-19(11-13-22(23)28)12-14-24-26-21-10-6-5-9-20(21)25(29)27(24)16-15-18-7-3-2-4-8-18/h2-14,17,28H,15-16H2,1H3/b14-12+. The van der Waals surface area contributed by atoms with Crippen molar-refractivity contribution in [3.63, 3.8) is 0 Å². The zero-order valence-electron chi connectivity index (χ0n) is 16.7. The number of hydrogen-bond donors (Lipinski definition) is 1. The number of aromatic hydroxyl groups is 1. The summed E-state index contributed by atoms with van der Waals surface area (Å²) in [5.41, 5.74) is 2.61. The van der Waals surface area contributed by atoms with Crippen LogP contribution in [0.2, 0.25) is 0 Å². The summed E-state index contributed by atoms with van der Waals surface area (Å²) >= 11 is 0. The van der Waals surface area contributed by atoms with E-state index in [1.807, 2.05) is 54.6 Å². The molecule has 0 aliphatic heterocycles. The average molecular weight is 398 g/mol. The van der Waals surface area contributed by atoms with Crippen molar-refractivity contribution in [1.82, 2.24) is 9.55 Å². The van der Waals surface area contributed by atoms with E-state index in [4.69, 9.17) is 9.72 Å². The Morgan fingerprint density at radius 3 is 2.57 bits per heavy atom. The molecule has 30 heavy (non-hydrogen) atoms. The summed E-state index contributed by atoms with van der Waals surface area (Å²) in [6.45, 7) is 0.527. The summed E-state index contributed by atoms with van der Waals surface area (Å²) in [7, 11) is 1.51. The molecule has 0 saturated carbocycles. The quantitative estimate of drug-likeness (QED) is 0.519. The molecule has 1 N–H and O–H groups in total. The van der Waals surface area contributed by atoms with Gasteiger partial charge in [0.2, 0.25) is 0 Å². The van der Waals surface area contributed by atoms with Crippen LogP contribution in [0, 0.1) is 0 Å². The van der Waals surface area contributed by atoms with Crippen molar-refractivity contribution in [2.75, 3.05) is 7.11 Å². The lowest BCUT2D eigenvalue weighted by molar-refractivity contribution is 0.373. The van der Waals surface area contributed by atoms with E-state index in [1.165, 1.54) is 7.11 Å². The van der Waals surface area contributed by atoms with Crippen molar-refractivity contribution < 1.29 is 9.84 Å². The van der Waals surface area contributed by atoms with Gasteiger partial charge < -0.3 is 9.84 Å². The van der Waals surface area contributed by atoms with E-state index >= 15 is 0 Å². The maximum atomic E-state index is 13.2. The molecule has 0 bridgehead atoms. The lowest BCUT2D eigenvalue weighted by Gasteiger charge is -2.11. The molecule has 0 unspecified atom stereocenters. The number of nitrogens with zero attached hydrogens (tertiary/aromatic N) is 2. The van der Waals surface area contributed by atoms with E-state index in [0.717, 1.165) is 17.5 Å². The Hall–Kier alpha value is -3.86. The molecule has 0 aliphatic carbocycles. The van der Waals surface area contributed by atoms with Crippen LogP contribution in [0.15, 0.2) is 77.6 Å². The van der Waals surface area contributed by atoms with Gasteiger partial charge in [-0.2, -0.15) is 0 Å². The summed E-state index contributed by atoms with van der Waals surface area (Å²) in [6, 6.07) is 22.6. The van der Waals surface area contributed by atoms with Crippen LogP contribution < -0.4 is 10.3 Å². The highest BCUT2D eigenvalue weighted by Gasteiger charge is 2.09. The summed E-state index contributed by atoms with van der Waals surface area (Å²) < 4.78 is 6.88. The molecule has 4 aromatic rings. The molecule has 4 rings (SSSR count). The third-order valence-corrected chi connectivity index (χ3v) is 4.99. The summed E-state index contributed by atoms with van der Waals surface area (Å²) in [6.07, 6.45) is 4.41. The monoisotopic (exact) mass is 398 g/mol. The lowest BCUT2D eigenvalue weighted by atomic mass is 10.1. The zero-order valence-corrected chi connectivity index (χ0v) is 16.7. The van der Waals surface area contributed by atoms with Crippen molar-refractivity contribution in [3.8, 4) is 11.5 Å². The summed E-state index contributed by atoms with van der Waals surface area (Å²) in [4.78, 5) is 17.9. The topological polar surface area (TPSA) is 64.3 Å². The van der Waals surface area contributed by atoms with E-state index < -0.39 is 0 Å². The fourth-order valence-electron chi connectivity index (χ4n) is 3.38. The van der Waals surface area contributed by atoms with Gasteiger partial charge >= 0.3 is 0 Å². The van der Waals surface area contributed by atoms with Crippen LogP contribution in [0.1, 0.15) is 17.0 Å². The number of methoxy groups -OCH3 is 1. The highest BCUT2D eigenvalue weighted by Crippen LogP contribution is 2.27. The first-order valence-corrected chi connectivity index (χ1v) is 9.74. The van der Waals surface area contributed by atoms with E-state index in [2.05, 4.69) is 12.1 Å². The van der Waals surface area contributed by atoms with Gasteiger partial charge in [-0.05, 0) is 47.9 Å². The zero-order chi connectivity index (χ0) is 20.9. The molecule has 5 nitrogen and oxygen atoms in total. The number of aryl methyl sites for hydroxylation is 1. The molecular formula is C25H22N2O3. The molecule has 0 amide bonds. The van der Waals surface area contributed by atoms with Crippen LogP contribution in [0.4, 0.5) is 0 Å². The van der Waals surface area contributed by atoms with Crippen molar-refractivity contribution >= 4 is 23.1 Å². The molecule has 0 atom stereocenters. The predicted octanol–water partition coefficient (Wildman–Crippen LogP) is 4.52. The lowest BCUT2D eigenvalue weighted by Crippen LogP contribution is -2.24. The fourth-order valence-corrected chi connectivity index (χ4v) is 3.38. The summed E-state index contributed by atoms with van der Waals surface area (Å²) in [5, 5.41) is 10.4. The van der Waals surface area contributed by atoms with Gasteiger partial charge in [0.25, 0.3) is 5.56 Å². The number of phenols is 1. The average Bonchev–Trinajstić information content (AvgIpc) is 2.79. The SMILES string of the molecule is COc1cc(/C=C/c2nc3ccccc3c(=O)n2CCc2ccccc2)ccc1O. The smallest absolute Gasteiger partial charge is 0.261 e. The molecule has 0 radical (unpaired) electrons. The van der Waals surface area contributed by atoms with Gasteiger partial charge in [0, 0.05) is 6.54 Å². The van der Waals surface area contributed by atoms with E-state index in [1.54, 1.807) is 22.8 Å². The van der Waals surface area contributed by atoms with E-state index in [9.17, 15) is 9.90 Å². The molecule has 0 spiro atoms. The van der Waals surface area contributed by atoms with Gasteiger partial charge in [-0.25, -0.2) is 4.98 Å². The van der Waals surface area contributed by atoms with Gasteiger partial charge in [0.1, 0.15) is 5.82 Å². The first kappa shape index (κ1) is 19.5. The van der Waals surface area contributed by atoms with Crippen LogP contribution in [-0.4, -0.2) is 21.8 Å². The van der Waals surface area contributed by atoms with Gasteiger partial charge in [-0.15, -0.1) is 0 Å². The number of benzene rings is 3. The van der Waals surface area contributed by atoms with Crippen molar-refractivity contribution in [1.29, 1.82) is 0 Å². The number of rotatable bonds is 6. The second-order valence-electron chi connectivity index (χ2n) is 6.94.